The van der Waals surface area contributed by atoms with Gasteiger partial charge in [-0.3, -0.25) is 0 Å². The summed E-state index contributed by atoms with van der Waals surface area (Å²) in [6, 6.07) is 6.28. The Morgan fingerprint density at radius 2 is 2.05 bits per heavy atom. The van der Waals surface area contributed by atoms with Crippen LogP contribution in [0.25, 0.3) is 21.8 Å². The molecule has 0 aliphatic carbocycles. The third-order valence-corrected chi connectivity index (χ3v) is 6.37. The molecule has 2 aromatic heterocycles. The topological polar surface area (TPSA) is 52.0 Å². The van der Waals surface area contributed by atoms with Crippen molar-refractivity contribution in [1.29, 1.82) is 0 Å². The summed E-state index contributed by atoms with van der Waals surface area (Å²) in [6.45, 7) is 0. The van der Waals surface area contributed by atoms with Crippen molar-refractivity contribution >= 4 is 60.6 Å². The predicted molar refractivity (Wildman–Crippen MR) is 90.0 cm³/mol. The van der Waals surface area contributed by atoms with Crippen molar-refractivity contribution in [2.24, 2.45) is 0 Å². The normalized spacial score (nSPS) is 11.0. The minimum absolute atomic E-state index is 0.0950. The van der Waals surface area contributed by atoms with Gasteiger partial charge < -0.3 is 10.3 Å². The Bertz CT molecular complexity index is 794. The summed E-state index contributed by atoms with van der Waals surface area (Å²) >= 11 is 14.3. The number of nitrogens with two attached hydrogens (primary N) is 1. The molecule has 0 radical (unpaired) electrons. The molecule has 0 aliphatic heterocycles. The minimum atomic E-state index is -0.478. The third-order valence-electron chi connectivity index (χ3n) is 2.80. The maximum absolute atomic E-state index is 14.1. The van der Waals surface area contributed by atoms with Crippen LogP contribution < -0.4 is 5.73 Å². The van der Waals surface area contributed by atoms with Crippen molar-refractivity contribution in [2.75, 3.05) is 5.73 Å². The van der Waals surface area contributed by atoms with E-state index in [0.29, 0.717) is 11.3 Å². The number of anilines is 1. The van der Waals surface area contributed by atoms with Crippen LogP contribution in [0.5, 0.6) is 0 Å². The van der Waals surface area contributed by atoms with Gasteiger partial charge in [-0.2, -0.15) is 0 Å². The number of nitrogens with zero attached hydrogens (tertiary/aromatic N) is 1. The second-order valence-corrected chi connectivity index (χ2v) is 7.73. The molecule has 0 fully saturated rings. The maximum Gasteiger partial charge on any atom is 0.187 e. The summed E-state index contributed by atoms with van der Waals surface area (Å²) in [5, 5.41) is 3.99. The lowest BCUT2D eigenvalue weighted by Gasteiger charge is -2.05. The van der Waals surface area contributed by atoms with Crippen LogP contribution in [0.2, 0.25) is 5.02 Å². The first-order valence-corrected chi connectivity index (χ1v) is 8.41. The second-order valence-electron chi connectivity index (χ2n) is 4.10. The molecule has 1 aromatic carbocycles. The van der Waals surface area contributed by atoms with Crippen molar-refractivity contribution in [2.45, 2.75) is 0 Å². The molecule has 0 spiro atoms. The number of hydrogen-bond acceptors (Lipinski definition) is 4. The fraction of sp³-hybridized carbons (Fsp3) is 0. The standard InChI is InChI=1S/C13H6Br2ClFN2OS/c14-5-4-8(21-12(5)15)11-10(13(18)19-20-11)9-6(16)2-1-3-7(9)17/h1-4H,(H2,18,19). The van der Waals surface area contributed by atoms with Gasteiger partial charge in [0.15, 0.2) is 11.6 Å². The SMILES string of the molecule is Nc1noc(-c2cc(Br)c(Br)s2)c1-c1c(F)cccc1Cl. The number of rotatable bonds is 2. The number of benzene rings is 1. The van der Waals surface area contributed by atoms with E-state index in [2.05, 4.69) is 37.0 Å². The number of thiophene rings is 1. The van der Waals surface area contributed by atoms with Crippen LogP contribution in [0.15, 0.2) is 37.0 Å². The lowest BCUT2D eigenvalue weighted by Crippen LogP contribution is -1.92. The van der Waals surface area contributed by atoms with E-state index in [1.165, 1.54) is 23.5 Å². The monoisotopic (exact) mass is 450 g/mol. The number of aromatic nitrogens is 1. The zero-order valence-corrected chi connectivity index (χ0v) is 14.9. The smallest absolute Gasteiger partial charge is 0.187 e. The van der Waals surface area contributed by atoms with Gasteiger partial charge in [0.2, 0.25) is 0 Å². The molecule has 0 bridgehead atoms. The molecule has 0 atom stereocenters. The molecule has 8 heteroatoms. The molecule has 0 unspecified atom stereocenters. The lowest BCUT2D eigenvalue weighted by molar-refractivity contribution is 0.437. The highest BCUT2D eigenvalue weighted by Crippen LogP contribution is 2.45. The van der Waals surface area contributed by atoms with Gasteiger partial charge in [-0.15, -0.1) is 11.3 Å². The largest absolute Gasteiger partial charge is 0.380 e. The Kier molecular flexibility index (Phi) is 4.09. The van der Waals surface area contributed by atoms with Gasteiger partial charge in [-0.1, -0.05) is 22.8 Å². The number of nitrogen functional groups attached to an aromatic ring is 1. The van der Waals surface area contributed by atoms with E-state index in [9.17, 15) is 4.39 Å². The van der Waals surface area contributed by atoms with E-state index in [-0.39, 0.29) is 16.4 Å². The molecule has 2 heterocycles. The third kappa shape index (κ3) is 2.63. The zero-order chi connectivity index (χ0) is 15.1. The van der Waals surface area contributed by atoms with Crippen molar-refractivity contribution in [3.63, 3.8) is 0 Å². The first kappa shape index (κ1) is 15.0. The maximum atomic E-state index is 14.1. The highest BCUT2D eigenvalue weighted by atomic mass is 79.9. The van der Waals surface area contributed by atoms with E-state index in [1.54, 1.807) is 6.07 Å². The molecule has 2 N–H and O–H groups in total. The van der Waals surface area contributed by atoms with Crippen molar-refractivity contribution in [3.8, 4) is 21.8 Å². The summed E-state index contributed by atoms with van der Waals surface area (Å²) in [7, 11) is 0. The Hall–Kier alpha value is -0.890. The average molecular weight is 453 g/mol. The molecule has 0 amide bonds. The molecule has 3 nitrogen and oxygen atoms in total. The predicted octanol–water partition coefficient (Wildman–Crippen LogP) is 5.97. The Morgan fingerprint density at radius 1 is 1.29 bits per heavy atom. The summed E-state index contributed by atoms with van der Waals surface area (Å²) in [6.07, 6.45) is 0. The van der Waals surface area contributed by atoms with Gasteiger partial charge in [0.25, 0.3) is 0 Å². The fourth-order valence-electron chi connectivity index (χ4n) is 1.91. The summed E-state index contributed by atoms with van der Waals surface area (Å²) in [4.78, 5) is 0.757. The molecule has 0 saturated carbocycles. The van der Waals surface area contributed by atoms with Gasteiger partial charge in [-0.05, 0) is 50.1 Å². The van der Waals surface area contributed by atoms with Gasteiger partial charge in [0, 0.05) is 10.0 Å². The second kappa shape index (κ2) is 5.72. The van der Waals surface area contributed by atoms with Gasteiger partial charge in [0.05, 0.1) is 19.2 Å². The summed E-state index contributed by atoms with van der Waals surface area (Å²) < 4.78 is 21.2. The van der Waals surface area contributed by atoms with Crippen LogP contribution in [0.1, 0.15) is 0 Å². The molecule has 3 rings (SSSR count). The number of hydrogen-bond donors (Lipinski definition) is 1. The van der Waals surface area contributed by atoms with E-state index < -0.39 is 5.82 Å². The quantitative estimate of drug-likeness (QED) is 0.521. The Balaban J connectivity index is 2.27. The first-order chi connectivity index (χ1) is 9.99. The lowest BCUT2D eigenvalue weighted by atomic mass is 10.0. The van der Waals surface area contributed by atoms with Crippen LogP contribution in [-0.4, -0.2) is 5.16 Å². The van der Waals surface area contributed by atoms with Crippen molar-refractivity contribution in [1.82, 2.24) is 5.16 Å². The highest BCUT2D eigenvalue weighted by Gasteiger charge is 2.24. The minimum Gasteiger partial charge on any atom is -0.380 e. The van der Waals surface area contributed by atoms with Crippen LogP contribution in [0.4, 0.5) is 10.2 Å². The zero-order valence-electron chi connectivity index (χ0n) is 10.2. The van der Waals surface area contributed by atoms with E-state index in [1.807, 2.05) is 6.07 Å². The van der Waals surface area contributed by atoms with Crippen LogP contribution in [0, 0.1) is 5.82 Å². The van der Waals surface area contributed by atoms with Gasteiger partial charge in [-0.25, -0.2) is 4.39 Å². The molecule has 3 aromatic rings. The van der Waals surface area contributed by atoms with Crippen molar-refractivity contribution in [3.05, 3.63) is 43.4 Å². The Morgan fingerprint density at radius 3 is 2.67 bits per heavy atom. The average Bonchev–Trinajstić information content (AvgIpc) is 2.94. The van der Waals surface area contributed by atoms with Crippen LogP contribution >= 0.6 is 54.8 Å². The molecule has 0 aliphatic rings. The molecule has 0 saturated heterocycles. The molecule has 21 heavy (non-hydrogen) atoms. The highest BCUT2D eigenvalue weighted by molar-refractivity contribution is 9.13. The molecule has 108 valence electrons. The summed E-state index contributed by atoms with van der Waals surface area (Å²) in [5.74, 6) is 0.00174. The van der Waals surface area contributed by atoms with Crippen molar-refractivity contribution < 1.29 is 8.91 Å². The Labute approximate surface area is 145 Å². The van der Waals surface area contributed by atoms with Crippen LogP contribution in [-0.2, 0) is 0 Å². The van der Waals surface area contributed by atoms with Crippen LogP contribution in [0.3, 0.4) is 0 Å². The first-order valence-electron chi connectivity index (χ1n) is 5.63. The van der Waals surface area contributed by atoms with E-state index in [0.717, 1.165) is 13.1 Å². The fourth-order valence-corrected chi connectivity index (χ4v) is 4.18. The van der Waals surface area contributed by atoms with Gasteiger partial charge in [0.1, 0.15) is 5.82 Å². The van der Waals surface area contributed by atoms with Gasteiger partial charge >= 0.3 is 0 Å². The molecular formula is C13H6Br2ClFN2OS. The molecular weight excluding hydrogens is 446 g/mol. The summed E-state index contributed by atoms with van der Waals surface area (Å²) in [5.41, 5.74) is 6.39. The van der Waals surface area contributed by atoms with E-state index >= 15 is 0 Å². The van der Waals surface area contributed by atoms with E-state index in [4.69, 9.17) is 21.9 Å². The number of halogens is 4.